The fraction of sp³-hybridized carbons (Fsp3) is 0.250. The van der Waals surface area contributed by atoms with Crippen LogP contribution in [0.3, 0.4) is 0 Å². The maximum Gasteiger partial charge on any atom is 0.417 e. The topological polar surface area (TPSA) is 102 Å². The number of nitrogens with zero attached hydrogens (tertiary/aromatic N) is 1. The average Bonchev–Trinajstić information content (AvgIpc) is 3.34. The van der Waals surface area contributed by atoms with Crippen molar-refractivity contribution in [2.24, 2.45) is 11.1 Å². The normalized spacial score (nSPS) is 19.8. The number of sulfonamides is 1. The highest BCUT2D eigenvalue weighted by Crippen LogP contribution is 2.48. The van der Waals surface area contributed by atoms with Crippen LogP contribution in [0, 0.1) is 5.92 Å². The number of hydrogen-bond acceptors (Lipinski definition) is 4. The highest BCUT2D eigenvalue weighted by atomic mass is 32.2. The van der Waals surface area contributed by atoms with Crippen LogP contribution in [0.1, 0.15) is 23.5 Å². The number of nitrogens with one attached hydrogen (secondary N) is 1. The molecular formula is C16H14F3N3O3S. The van der Waals surface area contributed by atoms with E-state index in [1.807, 2.05) is 0 Å². The summed E-state index contributed by atoms with van der Waals surface area (Å²) in [4.78, 5) is 15.8. The molecule has 26 heavy (non-hydrogen) atoms. The number of pyridine rings is 1. The summed E-state index contributed by atoms with van der Waals surface area (Å²) < 4.78 is 59.9. The highest BCUT2D eigenvalue weighted by molar-refractivity contribution is 7.89. The van der Waals surface area contributed by atoms with Gasteiger partial charge in [0.25, 0.3) is 0 Å². The van der Waals surface area contributed by atoms with E-state index in [2.05, 4.69) is 10.3 Å². The van der Waals surface area contributed by atoms with Gasteiger partial charge in [-0.25, -0.2) is 18.5 Å². The van der Waals surface area contributed by atoms with Gasteiger partial charge in [0, 0.05) is 12.1 Å². The van der Waals surface area contributed by atoms with Crippen molar-refractivity contribution >= 4 is 21.7 Å². The van der Waals surface area contributed by atoms with Gasteiger partial charge < -0.3 is 5.32 Å². The van der Waals surface area contributed by atoms with Crippen molar-refractivity contribution in [2.45, 2.75) is 23.4 Å². The van der Waals surface area contributed by atoms with Crippen molar-refractivity contribution in [2.75, 3.05) is 5.32 Å². The summed E-state index contributed by atoms with van der Waals surface area (Å²) in [6, 6.07) is 7.87. The van der Waals surface area contributed by atoms with Crippen LogP contribution >= 0.6 is 0 Å². The number of hydrogen-bond donors (Lipinski definition) is 2. The highest BCUT2D eigenvalue weighted by Gasteiger charge is 2.44. The SMILES string of the molecule is NS(=O)(=O)c1ccc([C@@H]2C[C@H]2C(=O)Nc2ccc(C(F)(F)F)cn2)cc1. The van der Waals surface area contributed by atoms with Gasteiger partial charge in [-0.2, -0.15) is 13.2 Å². The van der Waals surface area contributed by atoms with E-state index in [9.17, 15) is 26.4 Å². The van der Waals surface area contributed by atoms with Crippen molar-refractivity contribution in [3.8, 4) is 0 Å². The molecule has 1 aliphatic carbocycles. The number of halogens is 3. The third-order valence-electron chi connectivity index (χ3n) is 4.11. The Hall–Kier alpha value is -2.46. The molecule has 0 bridgehead atoms. The number of carbonyl (C=O) groups is 1. The van der Waals surface area contributed by atoms with Gasteiger partial charge in [-0.3, -0.25) is 4.79 Å². The zero-order valence-electron chi connectivity index (χ0n) is 13.2. The first kappa shape index (κ1) is 18.3. The second-order valence-corrected chi connectivity index (χ2v) is 7.54. The van der Waals surface area contributed by atoms with E-state index in [0.717, 1.165) is 17.7 Å². The molecule has 10 heteroatoms. The number of nitrogens with two attached hydrogens (primary N) is 1. The molecule has 0 radical (unpaired) electrons. The van der Waals surface area contributed by atoms with Crippen LogP contribution in [-0.4, -0.2) is 19.3 Å². The van der Waals surface area contributed by atoms with Crippen LogP contribution in [0.2, 0.25) is 0 Å². The first-order valence-corrected chi connectivity index (χ1v) is 9.07. The second kappa shape index (κ2) is 6.36. The van der Waals surface area contributed by atoms with Gasteiger partial charge in [0.15, 0.2) is 0 Å². The van der Waals surface area contributed by atoms with Crippen LogP contribution < -0.4 is 10.5 Å². The zero-order chi connectivity index (χ0) is 19.1. The molecule has 6 nitrogen and oxygen atoms in total. The van der Waals surface area contributed by atoms with E-state index in [0.29, 0.717) is 12.6 Å². The molecule has 0 aliphatic heterocycles. The summed E-state index contributed by atoms with van der Waals surface area (Å²) in [6.45, 7) is 0. The third kappa shape index (κ3) is 4.02. The minimum absolute atomic E-state index is 0.0168. The van der Waals surface area contributed by atoms with Crippen molar-refractivity contribution < 1.29 is 26.4 Å². The van der Waals surface area contributed by atoms with Crippen LogP contribution in [0.5, 0.6) is 0 Å². The quantitative estimate of drug-likeness (QED) is 0.844. The van der Waals surface area contributed by atoms with E-state index in [1.54, 1.807) is 12.1 Å². The number of benzene rings is 1. The lowest BCUT2D eigenvalue weighted by molar-refractivity contribution is -0.137. The molecule has 1 amide bonds. The maximum atomic E-state index is 12.5. The Balaban J connectivity index is 1.62. The molecule has 1 saturated carbocycles. The fourth-order valence-corrected chi connectivity index (χ4v) is 3.13. The van der Waals surface area contributed by atoms with Crippen molar-refractivity contribution in [1.82, 2.24) is 4.98 Å². The number of alkyl halides is 3. The van der Waals surface area contributed by atoms with Gasteiger partial charge in [-0.15, -0.1) is 0 Å². The Morgan fingerprint density at radius 2 is 1.81 bits per heavy atom. The maximum absolute atomic E-state index is 12.5. The number of carbonyl (C=O) groups excluding carboxylic acids is 1. The number of amides is 1. The molecule has 3 rings (SSSR count). The van der Waals surface area contributed by atoms with E-state index in [1.165, 1.54) is 12.1 Å². The Kier molecular flexibility index (Phi) is 4.49. The fourth-order valence-electron chi connectivity index (χ4n) is 2.61. The lowest BCUT2D eigenvalue weighted by Crippen LogP contribution is -2.16. The predicted octanol–water partition coefficient (Wildman–Crippen LogP) is 2.49. The average molecular weight is 385 g/mol. The summed E-state index contributed by atoms with van der Waals surface area (Å²) in [5.41, 5.74) is -0.104. The van der Waals surface area contributed by atoms with Crippen LogP contribution in [0.15, 0.2) is 47.5 Å². The molecule has 2 atom stereocenters. The van der Waals surface area contributed by atoms with E-state index in [4.69, 9.17) is 5.14 Å². The molecule has 138 valence electrons. The number of anilines is 1. The van der Waals surface area contributed by atoms with Crippen LogP contribution in [-0.2, 0) is 21.0 Å². The molecule has 1 fully saturated rings. The van der Waals surface area contributed by atoms with Gasteiger partial charge in [0.2, 0.25) is 15.9 Å². The lowest BCUT2D eigenvalue weighted by atomic mass is 10.1. The first-order chi connectivity index (χ1) is 12.1. The van der Waals surface area contributed by atoms with Gasteiger partial charge in [0.1, 0.15) is 5.82 Å². The molecule has 1 heterocycles. The van der Waals surface area contributed by atoms with Crippen LogP contribution in [0.25, 0.3) is 0 Å². The lowest BCUT2D eigenvalue weighted by Gasteiger charge is -2.08. The van der Waals surface area contributed by atoms with Gasteiger partial charge in [0.05, 0.1) is 10.5 Å². The largest absolute Gasteiger partial charge is 0.417 e. The van der Waals surface area contributed by atoms with E-state index < -0.39 is 21.8 Å². The molecule has 1 aliphatic rings. The zero-order valence-corrected chi connectivity index (χ0v) is 14.0. The second-order valence-electron chi connectivity index (χ2n) is 5.98. The molecule has 2 aromatic rings. The third-order valence-corrected chi connectivity index (χ3v) is 5.04. The molecule has 0 saturated heterocycles. The van der Waals surface area contributed by atoms with Crippen molar-refractivity contribution in [1.29, 1.82) is 0 Å². The predicted molar refractivity (Wildman–Crippen MR) is 86.5 cm³/mol. The minimum atomic E-state index is -4.49. The summed E-state index contributed by atoms with van der Waals surface area (Å²) >= 11 is 0. The Bertz CT molecular complexity index is 926. The molecule has 1 aromatic heterocycles. The van der Waals surface area contributed by atoms with Gasteiger partial charge in [-0.05, 0) is 42.2 Å². The van der Waals surface area contributed by atoms with Gasteiger partial charge >= 0.3 is 6.18 Å². The number of aromatic nitrogens is 1. The first-order valence-electron chi connectivity index (χ1n) is 7.52. The standard InChI is InChI=1S/C16H14F3N3O3S/c17-16(18,19)10-3-6-14(21-8-10)22-15(23)13-7-12(13)9-1-4-11(5-2-9)26(20,24)25/h1-6,8,12-13H,7H2,(H2,20,24,25)(H,21,22,23)/t12-,13+/m0/s1. The molecule has 0 spiro atoms. The Labute approximate surface area is 147 Å². The summed E-state index contributed by atoms with van der Waals surface area (Å²) in [5.74, 6) is -0.741. The number of primary sulfonamides is 1. The minimum Gasteiger partial charge on any atom is -0.310 e. The molecule has 0 unspecified atom stereocenters. The monoisotopic (exact) mass is 385 g/mol. The van der Waals surface area contributed by atoms with Crippen molar-refractivity contribution in [3.05, 3.63) is 53.7 Å². The molecular weight excluding hydrogens is 371 g/mol. The Morgan fingerprint density at radius 1 is 1.15 bits per heavy atom. The molecule has 3 N–H and O–H groups in total. The van der Waals surface area contributed by atoms with Crippen molar-refractivity contribution in [3.63, 3.8) is 0 Å². The number of rotatable bonds is 4. The summed E-state index contributed by atoms with van der Waals surface area (Å²) in [5, 5.41) is 7.51. The van der Waals surface area contributed by atoms with E-state index in [-0.39, 0.29) is 28.5 Å². The van der Waals surface area contributed by atoms with E-state index >= 15 is 0 Å². The Morgan fingerprint density at radius 3 is 2.31 bits per heavy atom. The van der Waals surface area contributed by atoms with Gasteiger partial charge in [-0.1, -0.05) is 12.1 Å². The summed E-state index contributed by atoms with van der Waals surface area (Å²) in [7, 11) is -3.78. The smallest absolute Gasteiger partial charge is 0.310 e. The summed E-state index contributed by atoms with van der Waals surface area (Å²) in [6.07, 6.45) is -3.27. The van der Waals surface area contributed by atoms with Crippen LogP contribution in [0.4, 0.5) is 19.0 Å². The molecule has 1 aromatic carbocycles.